The predicted octanol–water partition coefficient (Wildman–Crippen LogP) is 2.68. The largest absolute Gasteiger partial charge is 0.481 e. The highest BCUT2D eigenvalue weighted by molar-refractivity contribution is 5.77. The van der Waals surface area contributed by atoms with E-state index in [9.17, 15) is 9.18 Å². The minimum atomic E-state index is -0.426. The van der Waals surface area contributed by atoms with Crippen LogP contribution in [-0.4, -0.2) is 54.5 Å². The summed E-state index contributed by atoms with van der Waals surface area (Å²) in [5.74, 6) is -0.328. The van der Waals surface area contributed by atoms with Gasteiger partial charge in [0.05, 0.1) is 0 Å². The number of likely N-dealkylation sites (tertiary alicyclic amines) is 2. The van der Waals surface area contributed by atoms with E-state index in [0.29, 0.717) is 6.04 Å². The number of ether oxygens (including phenoxy) is 1. The Balaban J connectivity index is 1.49. The lowest BCUT2D eigenvalue weighted by Crippen LogP contribution is -2.37. The maximum atomic E-state index is 13.5. The molecule has 2 aliphatic rings. The number of para-hydroxylation sites is 1. The second kappa shape index (κ2) is 7.77. The highest BCUT2D eigenvalue weighted by atomic mass is 19.1. The summed E-state index contributed by atoms with van der Waals surface area (Å²) in [5.41, 5.74) is 0. The minimum absolute atomic E-state index is 0.0460. The molecule has 0 spiro atoms. The molecule has 1 aromatic carbocycles. The van der Waals surface area contributed by atoms with E-state index in [4.69, 9.17) is 4.74 Å². The van der Waals surface area contributed by atoms with Gasteiger partial charge in [0.1, 0.15) is 0 Å². The first-order valence-electron chi connectivity index (χ1n) is 8.63. The molecule has 2 saturated heterocycles. The van der Waals surface area contributed by atoms with Gasteiger partial charge in [-0.15, -0.1) is 0 Å². The van der Waals surface area contributed by atoms with E-state index in [1.54, 1.807) is 18.2 Å². The van der Waals surface area contributed by atoms with Crippen LogP contribution in [0.15, 0.2) is 24.3 Å². The molecule has 0 unspecified atom stereocenters. The van der Waals surface area contributed by atoms with Crippen LogP contribution in [0.3, 0.4) is 0 Å². The molecule has 1 atom stereocenters. The Bertz CT molecular complexity index is 532. The van der Waals surface area contributed by atoms with Gasteiger partial charge in [0.15, 0.2) is 18.2 Å². The van der Waals surface area contributed by atoms with Crippen molar-refractivity contribution in [3.8, 4) is 5.75 Å². The third-order valence-electron chi connectivity index (χ3n) is 4.90. The van der Waals surface area contributed by atoms with E-state index in [2.05, 4.69) is 4.90 Å². The zero-order valence-corrected chi connectivity index (χ0v) is 13.5. The number of benzene rings is 1. The zero-order chi connectivity index (χ0) is 16.1. The van der Waals surface area contributed by atoms with Crippen molar-refractivity contribution in [2.45, 2.75) is 38.1 Å². The van der Waals surface area contributed by atoms with Crippen LogP contribution in [0, 0.1) is 5.82 Å². The Morgan fingerprint density at radius 2 is 1.87 bits per heavy atom. The molecule has 4 nitrogen and oxygen atoms in total. The standard InChI is InChI=1S/C18H25FN2O2/c19-16-7-1-2-8-17(16)23-14-18(22)21-12-5-6-15(9-13-21)20-10-3-4-11-20/h1-2,7-8,15H,3-6,9-14H2/t15-/m0/s1. The normalized spacial score (nSPS) is 22.8. The molecule has 2 aliphatic heterocycles. The summed E-state index contributed by atoms with van der Waals surface area (Å²) >= 11 is 0. The van der Waals surface area contributed by atoms with Crippen LogP contribution in [-0.2, 0) is 4.79 Å². The fourth-order valence-corrected chi connectivity index (χ4v) is 3.59. The lowest BCUT2D eigenvalue weighted by Gasteiger charge is -2.26. The predicted molar refractivity (Wildman–Crippen MR) is 86.9 cm³/mol. The molecule has 0 aliphatic carbocycles. The molecule has 0 aromatic heterocycles. The summed E-state index contributed by atoms with van der Waals surface area (Å²) in [5, 5.41) is 0. The highest BCUT2D eigenvalue weighted by Gasteiger charge is 2.26. The van der Waals surface area contributed by atoms with Gasteiger partial charge in [0.2, 0.25) is 0 Å². The molecular weight excluding hydrogens is 295 g/mol. The molecule has 0 radical (unpaired) electrons. The summed E-state index contributed by atoms with van der Waals surface area (Å²) in [7, 11) is 0. The molecule has 5 heteroatoms. The van der Waals surface area contributed by atoms with Crippen molar-refractivity contribution < 1.29 is 13.9 Å². The van der Waals surface area contributed by atoms with Crippen LogP contribution in [0.4, 0.5) is 4.39 Å². The number of carbonyl (C=O) groups is 1. The number of carbonyl (C=O) groups excluding carboxylic acids is 1. The minimum Gasteiger partial charge on any atom is -0.481 e. The van der Waals surface area contributed by atoms with Crippen molar-refractivity contribution in [3.63, 3.8) is 0 Å². The summed E-state index contributed by atoms with van der Waals surface area (Å²) in [4.78, 5) is 16.8. The molecule has 126 valence electrons. The van der Waals surface area contributed by atoms with E-state index in [1.807, 2.05) is 4.90 Å². The smallest absolute Gasteiger partial charge is 0.260 e. The lowest BCUT2D eigenvalue weighted by molar-refractivity contribution is -0.133. The SMILES string of the molecule is O=C(COc1ccccc1F)N1CCC[C@H](N2CCCC2)CC1. The molecule has 0 N–H and O–H groups in total. The summed E-state index contributed by atoms with van der Waals surface area (Å²) < 4.78 is 18.9. The Labute approximate surface area is 137 Å². The van der Waals surface area contributed by atoms with Gasteiger partial charge in [-0.3, -0.25) is 4.79 Å². The Morgan fingerprint density at radius 1 is 1.09 bits per heavy atom. The van der Waals surface area contributed by atoms with Crippen LogP contribution in [0.1, 0.15) is 32.1 Å². The van der Waals surface area contributed by atoms with Gasteiger partial charge in [-0.25, -0.2) is 4.39 Å². The van der Waals surface area contributed by atoms with Crippen LogP contribution in [0.5, 0.6) is 5.75 Å². The topological polar surface area (TPSA) is 32.8 Å². The number of rotatable bonds is 4. The number of nitrogens with zero attached hydrogens (tertiary/aromatic N) is 2. The van der Waals surface area contributed by atoms with E-state index >= 15 is 0 Å². The van der Waals surface area contributed by atoms with Gasteiger partial charge in [-0.1, -0.05) is 12.1 Å². The van der Waals surface area contributed by atoms with E-state index in [1.165, 1.54) is 32.0 Å². The molecule has 3 rings (SSSR count). The summed E-state index contributed by atoms with van der Waals surface area (Å²) in [6, 6.07) is 6.82. The number of halogens is 1. The summed E-state index contributed by atoms with van der Waals surface area (Å²) in [6.07, 6.45) is 5.83. The van der Waals surface area contributed by atoms with Gasteiger partial charge >= 0.3 is 0 Å². The monoisotopic (exact) mass is 320 g/mol. The first kappa shape index (κ1) is 16.2. The maximum absolute atomic E-state index is 13.5. The average Bonchev–Trinajstić information content (AvgIpc) is 2.98. The fourth-order valence-electron chi connectivity index (χ4n) is 3.59. The van der Waals surface area contributed by atoms with Gasteiger partial charge < -0.3 is 14.5 Å². The number of amides is 1. The molecular formula is C18H25FN2O2. The third-order valence-corrected chi connectivity index (χ3v) is 4.90. The molecule has 0 bridgehead atoms. The van der Waals surface area contributed by atoms with Crippen molar-refractivity contribution in [2.24, 2.45) is 0 Å². The first-order chi connectivity index (χ1) is 11.2. The molecule has 1 aromatic rings. The second-order valence-corrected chi connectivity index (χ2v) is 6.43. The second-order valence-electron chi connectivity index (χ2n) is 6.43. The van der Waals surface area contributed by atoms with Crippen molar-refractivity contribution >= 4 is 5.91 Å². The van der Waals surface area contributed by atoms with Gasteiger partial charge in [0.25, 0.3) is 5.91 Å². The van der Waals surface area contributed by atoms with E-state index < -0.39 is 5.82 Å². The quantitative estimate of drug-likeness (QED) is 0.855. The summed E-state index contributed by atoms with van der Waals surface area (Å²) in [6.45, 7) is 3.88. The van der Waals surface area contributed by atoms with Gasteiger partial charge in [0, 0.05) is 19.1 Å². The fraction of sp³-hybridized carbons (Fsp3) is 0.611. The van der Waals surface area contributed by atoms with Crippen LogP contribution < -0.4 is 4.74 Å². The Morgan fingerprint density at radius 3 is 2.65 bits per heavy atom. The van der Waals surface area contributed by atoms with E-state index in [0.717, 1.165) is 32.4 Å². The highest BCUT2D eigenvalue weighted by Crippen LogP contribution is 2.21. The molecule has 23 heavy (non-hydrogen) atoms. The van der Waals surface area contributed by atoms with Gasteiger partial charge in [-0.05, 0) is 57.3 Å². The number of hydrogen-bond acceptors (Lipinski definition) is 3. The van der Waals surface area contributed by atoms with Crippen LogP contribution in [0.25, 0.3) is 0 Å². The van der Waals surface area contributed by atoms with Crippen molar-refractivity contribution in [3.05, 3.63) is 30.1 Å². The molecule has 2 fully saturated rings. The molecule has 1 amide bonds. The van der Waals surface area contributed by atoms with Crippen molar-refractivity contribution in [1.82, 2.24) is 9.80 Å². The third kappa shape index (κ3) is 4.22. The van der Waals surface area contributed by atoms with Crippen LogP contribution in [0.2, 0.25) is 0 Å². The lowest BCUT2D eigenvalue weighted by atomic mass is 10.1. The number of hydrogen-bond donors (Lipinski definition) is 0. The van der Waals surface area contributed by atoms with Crippen LogP contribution >= 0.6 is 0 Å². The van der Waals surface area contributed by atoms with Crippen molar-refractivity contribution in [2.75, 3.05) is 32.8 Å². The Kier molecular flexibility index (Phi) is 5.49. The van der Waals surface area contributed by atoms with Gasteiger partial charge in [-0.2, -0.15) is 0 Å². The molecule has 2 heterocycles. The molecule has 0 saturated carbocycles. The maximum Gasteiger partial charge on any atom is 0.260 e. The zero-order valence-electron chi connectivity index (χ0n) is 13.5. The van der Waals surface area contributed by atoms with Crippen molar-refractivity contribution in [1.29, 1.82) is 0 Å². The average molecular weight is 320 g/mol. The first-order valence-corrected chi connectivity index (χ1v) is 8.63. The van der Waals surface area contributed by atoms with E-state index in [-0.39, 0.29) is 18.3 Å². The Hall–Kier alpha value is -1.62.